The van der Waals surface area contributed by atoms with E-state index in [2.05, 4.69) is 21.3 Å². The molecule has 3 rings (SSSR count). The lowest BCUT2D eigenvalue weighted by Crippen LogP contribution is -2.55. The predicted octanol–water partition coefficient (Wildman–Crippen LogP) is 2.10. The second kappa shape index (κ2) is 14.2. The third-order valence-corrected chi connectivity index (χ3v) is 6.45. The predicted molar refractivity (Wildman–Crippen MR) is 144 cm³/mol. The van der Waals surface area contributed by atoms with Crippen molar-refractivity contribution in [2.75, 3.05) is 11.9 Å². The average Bonchev–Trinajstić information content (AvgIpc) is 3.33. The fourth-order valence-corrected chi connectivity index (χ4v) is 4.32. The van der Waals surface area contributed by atoms with Crippen LogP contribution in [0.25, 0.3) is 0 Å². The van der Waals surface area contributed by atoms with Gasteiger partial charge in [-0.2, -0.15) is 0 Å². The van der Waals surface area contributed by atoms with Crippen molar-refractivity contribution < 1.29 is 37.9 Å². The van der Waals surface area contributed by atoms with Gasteiger partial charge in [0.25, 0.3) is 5.91 Å². The molecule has 0 aromatic heterocycles. The summed E-state index contributed by atoms with van der Waals surface area (Å²) < 4.78 is 27.5. The molecule has 1 heterocycles. The molecule has 3 atom stereocenters. The summed E-state index contributed by atoms with van der Waals surface area (Å²) >= 11 is 0. The molecule has 11 nitrogen and oxygen atoms in total. The van der Waals surface area contributed by atoms with Gasteiger partial charge in [-0.3, -0.25) is 19.2 Å². The van der Waals surface area contributed by atoms with Crippen LogP contribution in [0.15, 0.2) is 42.5 Å². The lowest BCUT2D eigenvalue weighted by atomic mass is 9.94. The van der Waals surface area contributed by atoms with Gasteiger partial charge in [-0.25, -0.2) is 13.6 Å². The summed E-state index contributed by atoms with van der Waals surface area (Å²) in [5, 5.41) is 21.8. The molecule has 0 spiro atoms. The van der Waals surface area contributed by atoms with Crippen LogP contribution in [0.1, 0.15) is 38.7 Å². The lowest BCUT2D eigenvalue weighted by molar-refractivity contribution is -0.138. The number of aromatic hydroxyl groups is 1. The Balaban J connectivity index is 1.74. The molecule has 0 radical (unpaired) electrons. The van der Waals surface area contributed by atoms with Crippen molar-refractivity contribution >= 4 is 35.2 Å². The molecule has 5 amide bonds. The van der Waals surface area contributed by atoms with Gasteiger partial charge in [0, 0.05) is 31.1 Å². The van der Waals surface area contributed by atoms with Gasteiger partial charge in [0.05, 0.1) is 11.7 Å². The number of amides is 5. The fraction of sp³-hybridized carbons (Fsp3) is 0.393. The zero-order valence-electron chi connectivity index (χ0n) is 22.6. The summed E-state index contributed by atoms with van der Waals surface area (Å²) in [5.41, 5.74) is 0.185. The molecule has 2 aromatic rings. The number of hydrogen-bond acceptors (Lipinski definition) is 6. The maximum atomic E-state index is 14.1. The highest BCUT2D eigenvalue weighted by atomic mass is 19.1. The number of Topliss-reactive ketones (excluding diaryl/α,β-unsaturated/α-hetero) is 1. The van der Waals surface area contributed by atoms with Crippen LogP contribution in [-0.4, -0.2) is 53.3 Å². The van der Waals surface area contributed by atoms with Crippen molar-refractivity contribution in [3.05, 3.63) is 59.7 Å². The van der Waals surface area contributed by atoms with Crippen LogP contribution in [0.2, 0.25) is 0 Å². The number of hydrogen-bond donors (Lipinski definition) is 6. The number of anilines is 1. The van der Waals surface area contributed by atoms with Crippen molar-refractivity contribution in [3.8, 4) is 5.75 Å². The topological polar surface area (TPSA) is 166 Å². The summed E-state index contributed by atoms with van der Waals surface area (Å²) in [6, 6.07) is 6.81. The summed E-state index contributed by atoms with van der Waals surface area (Å²) in [4.78, 5) is 64.0. The minimum atomic E-state index is -1.50. The molecule has 1 fully saturated rings. The Kier molecular flexibility index (Phi) is 10.7. The van der Waals surface area contributed by atoms with Crippen molar-refractivity contribution in [1.82, 2.24) is 21.3 Å². The Morgan fingerprint density at radius 3 is 2.37 bits per heavy atom. The second-order valence-corrected chi connectivity index (χ2v) is 10.2. The first-order valence-electron chi connectivity index (χ1n) is 13.1. The van der Waals surface area contributed by atoms with Crippen LogP contribution in [0, 0.1) is 23.5 Å². The minimum absolute atomic E-state index is 0.0487. The van der Waals surface area contributed by atoms with Gasteiger partial charge >= 0.3 is 6.03 Å². The van der Waals surface area contributed by atoms with Crippen LogP contribution in [-0.2, 0) is 25.7 Å². The number of ketones is 1. The van der Waals surface area contributed by atoms with Gasteiger partial charge in [0.2, 0.25) is 17.6 Å². The van der Waals surface area contributed by atoms with E-state index >= 15 is 0 Å². The normalized spacial score (nSPS) is 15.9. The third kappa shape index (κ3) is 8.98. The molecule has 13 heteroatoms. The number of phenolic OH excluding ortho intramolecular Hbond substituents is 1. The highest BCUT2D eigenvalue weighted by Crippen LogP contribution is 2.24. The maximum Gasteiger partial charge on any atom is 0.315 e. The largest absolute Gasteiger partial charge is 0.505 e. The Morgan fingerprint density at radius 1 is 1.02 bits per heavy atom. The second-order valence-electron chi connectivity index (χ2n) is 10.2. The maximum absolute atomic E-state index is 14.1. The van der Waals surface area contributed by atoms with Gasteiger partial charge < -0.3 is 31.7 Å². The van der Waals surface area contributed by atoms with E-state index in [1.807, 2.05) is 49.5 Å². The Hall–Kier alpha value is -4.55. The van der Waals surface area contributed by atoms with Gasteiger partial charge in [-0.05, 0) is 30.7 Å². The summed E-state index contributed by atoms with van der Waals surface area (Å²) in [6.07, 6.45) is 0.327. The van der Waals surface area contributed by atoms with Crippen LogP contribution < -0.4 is 26.6 Å². The molecule has 220 valence electrons. The molecule has 1 aliphatic rings. The number of phenols is 1. The number of urea groups is 1. The SMILES string of the molecule is CC(C)C[C@H](NC(=O)NCc1ccccc1)C(=O)N[C@@H](C[C@@H]1CCNC1=O)C(=O)C(=O)Nc1cc(O)c(F)cc1F. The van der Waals surface area contributed by atoms with Crippen molar-refractivity contribution in [2.45, 2.75) is 51.7 Å². The van der Waals surface area contributed by atoms with E-state index in [4.69, 9.17) is 0 Å². The van der Waals surface area contributed by atoms with Crippen molar-refractivity contribution in [2.24, 2.45) is 11.8 Å². The van der Waals surface area contributed by atoms with Crippen LogP contribution in [0.5, 0.6) is 5.75 Å². The van der Waals surface area contributed by atoms with Gasteiger partial charge in [0.1, 0.15) is 11.9 Å². The highest BCUT2D eigenvalue weighted by Gasteiger charge is 2.36. The van der Waals surface area contributed by atoms with E-state index in [1.165, 1.54) is 0 Å². The number of halogens is 2. The van der Waals surface area contributed by atoms with Gasteiger partial charge in [-0.15, -0.1) is 0 Å². The van der Waals surface area contributed by atoms with E-state index in [0.29, 0.717) is 25.1 Å². The Labute approximate surface area is 235 Å². The van der Waals surface area contributed by atoms with E-state index in [1.54, 1.807) is 0 Å². The Morgan fingerprint density at radius 2 is 1.73 bits per heavy atom. The number of rotatable bonds is 12. The molecule has 1 saturated heterocycles. The molecular formula is C28H33F2N5O6. The third-order valence-electron chi connectivity index (χ3n) is 6.45. The molecule has 6 N–H and O–H groups in total. The van der Waals surface area contributed by atoms with Crippen molar-refractivity contribution in [1.29, 1.82) is 0 Å². The first kappa shape index (κ1) is 31.0. The fourth-order valence-electron chi connectivity index (χ4n) is 4.32. The first-order valence-corrected chi connectivity index (χ1v) is 13.1. The summed E-state index contributed by atoms with van der Waals surface area (Å²) in [5.74, 6) is -7.85. The molecule has 0 aliphatic carbocycles. The number of nitrogens with one attached hydrogen (secondary N) is 5. The molecule has 0 bridgehead atoms. The molecule has 0 unspecified atom stereocenters. The van der Waals surface area contributed by atoms with Crippen LogP contribution >= 0.6 is 0 Å². The minimum Gasteiger partial charge on any atom is -0.505 e. The monoisotopic (exact) mass is 573 g/mol. The molecule has 0 saturated carbocycles. The highest BCUT2D eigenvalue weighted by molar-refractivity contribution is 6.42. The molecule has 2 aromatic carbocycles. The summed E-state index contributed by atoms with van der Waals surface area (Å²) in [6.45, 7) is 4.21. The smallest absolute Gasteiger partial charge is 0.315 e. The van der Waals surface area contributed by atoms with Gasteiger partial charge in [-0.1, -0.05) is 44.2 Å². The van der Waals surface area contributed by atoms with E-state index < -0.39 is 64.7 Å². The molecule has 41 heavy (non-hydrogen) atoms. The first-order chi connectivity index (χ1) is 19.4. The van der Waals surface area contributed by atoms with Crippen LogP contribution in [0.4, 0.5) is 19.3 Å². The number of carbonyl (C=O) groups excluding carboxylic acids is 5. The molecular weight excluding hydrogens is 540 g/mol. The quantitative estimate of drug-likeness (QED) is 0.213. The van der Waals surface area contributed by atoms with E-state index in [9.17, 15) is 37.9 Å². The van der Waals surface area contributed by atoms with Crippen LogP contribution in [0.3, 0.4) is 0 Å². The zero-order chi connectivity index (χ0) is 30.1. The van der Waals surface area contributed by atoms with E-state index in [-0.39, 0.29) is 31.2 Å². The zero-order valence-corrected chi connectivity index (χ0v) is 22.6. The average molecular weight is 574 g/mol. The summed E-state index contributed by atoms with van der Waals surface area (Å²) in [7, 11) is 0. The number of benzene rings is 2. The lowest BCUT2D eigenvalue weighted by Gasteiger charge is -2.25. The number of carbonyl (C=O) groups is 5. The van der Waals surface area contributed by atoms with Gasteiger partial charge in [0.15, 0.2) is 11.6 Å². The Bertz CT molecular complexity index is 1290. The van der Waals surface area contributed by atoms with Crippen molar-refractivity contribution in [3.63, 3.8) is 0 Å². The van der Waals surface area contributed by atoms with E-state index in [0.717, 1.165) is 5.56 Å². The standard InChI is InChI=1S/C28H33F2N5O6/c1-15(2)10-22(35-28(41)32-14-16-6-4-3-5-7-16)26(39)34-21(11-17-8-9-31-25(17)38)24(37)27(40)33-20-13-23(36)19(30)12-18(20)29/h3-7,12-13,15,17,21-22,36H,8-11,14H2,1-2H3,(H,31,38)(H,33,40)(H,34,39)(H2,32,35,41)/t17-,21-,22-/m0/s1. The molecule has 1 aliphatic heterocycles.